The Kier molecular flexibility index (Phi) is 8.13. The number of allylic oxidation sites excluding steroid dienone is 4. The molecule has 0 bridgehead atoms. The third-order valence-corrected chi connectivity index (χ3v) is 4.18. The maximum Gasteiger partial charge on any atom is 0.108 e. The summed E-state index contributed by atoms with van der Waals surface area (Å²) in [6.07, 6.45) is 26.6. The molecular formula is C22H30O3. The molecule has 2 unspecified atom stereocenters. The lowest BCUT2D eigenvalue weighted by Gasteiger charge is -2.28. The maximum absolute atomic E-state index is 5.89. The molecule has 0 aliphatic heterocycles. The van der Waals surface area contributed by atoms with Gasteiger partial charge in [-0.1, -0.05) is 60.8 Å². The molecule has 0 saturated carbocycles. The lowest BCUT2D eigenvalue weighted by Crippen LogP contribution is -2.28. The van der Waals surface area contributed by atoms with Crippen molar-refractivity contribution in [1.82, 2.24) is 0 Å². The topological polar surface area (TPSA) is 27.7 Å². The van der Waals surface area contributed by atoms with Crippen LogP contribution >= 0.6 is 0 Å². The average molecular weight is 342 g/mol. The Hall–Kier alpha value is -1.68. The lowest BCUT2D eigenvalue weighted by atomic mass is 9.94. The van der Waals surface area contributed by atoms with Gasteiger partial charge in [-0.2, -0.15) is 0 Å². The highest BCUT2D eigenvalue weighted by Gasteiger charge is 2.24. The van der Waals surface area contributed by atoms with E-state index in [4.69, 9.17) is 14.2 Å². The number of ether oxygens (including phenoxy) is 3. The summed E-state index contributed by atoms with van der Waals surface area (Å²) in [5.41, 5.74) is -0.637. The molecule has 2 aliphatic carbocycles. The van der Waals surface area contributed by atoms with E-state index < -0.39 is 0 Å². The van der Waals surface area contributed by atoms with E-state index in [2.05, 4.69) is 48.6 Å². The van der Waals surface area contributed by atoms with Crippen LogP contribution in [0.4, 0.5) is 0 Å². The largest absolute Gasteiger partial charge is 0.373 e. The lowest BCUT2D eigenvalue weighted by molar-refractivity contribution is 0.0369. The molecule has 2 aliphatic rings. The summed E-state index contributed by atoms with van der Waals surface area (Å²) in [5, 5.41) is 0. The first-order valence-corrected chi connectivity index (χ1v) is 9.14. The van der Waals surface area contributed by atoms with Gasteiger partial charge in [-0.3, -0.25) is 0 Å². The Labute approximate surface area is 152 Å². The molecule has 0 spiro atoms. The normalized spacial score (nSPS) is 28.6. The summed E-state index contributed by atoms with van der Waals surface area (Å²) in [6, 6.07) is 0. The molecule has 0 fully saturated rings. The molecule has 0 amide bonds. The van der Waals surface area contributed by atoms with Crippen molar-refractivity contribution in [2.75, 3.05) is 26.4 Å². The van der Waals surface area contributed by atoms with E-state index in [1.807, 2.05) is 38.2 Å². The van der Waals surface area contributed by atoms with E-state index in [1.165, 1.54) is 0 Å². The Bertz CT molecular complexity index is 518. The van der Waals surface area contributed by atoms with Gasteiger partial charge in [-0.05, 0) is 26.0 Å². The number of hydrogen-bond acceptors (Lipinski definition) is 3. The van der Waals surface area contributed by atoms with Crippen molar-refractivity contribution < 1.29 is 14.2 Å². The Morgan fingerprint density at radius 1 is 0.760 bits per heavy atom. The van der Waals surface area contributed by atoms with E-state index in [1.54, 1.807) is 0 Å². The molecule has 3 heteroatoms. The first-order valence-electron chi connectivity index (χ1n) is 9.14. The van der Waals surface area contributed by atoms with Gasteiger partial charge in [0.15, 0.2) is 0 Å². The van der Waals surface area contributed by atoms with Gasteiger partial charge in [-0.25, -0.2) is 0 Å². The predicted molar refractivity (Wildman–Crippen MR) is 104 cm³/mol. The predicted octanol–water partition coefficient (Wildman–Crippen LogP) is 4.70. The summed E-state index contributed by atoms with van der Waals surface area (Å²) >= 11 is 0. The van der Waals surface area contributed by atoms with E-state index in [0.29, 0.717) is 26.4 Å². The molecule has 0 heterocycles. The van der Waals surface area contributed by atoms with Crippen molar-refractivity contribution in [2.24, 2.45) is 0 Å². The molecule has 0 aromatic carbocycles. The standard InChI is InChI=1S/C22H30O3/c1-3-24-21(13-7-5-8-14-21)17-11-19-23-20-12-18-22(25-4-2)15-9-6-10-16-22/h5-13,15,17-18H,3-4,14,16,19-20H2,1-2H3. The average Bonchev–Trinajstić information content (AvgIpc) is 2.63. The van der Waals surface area contributed by atoms with E-state index in [9.17, 15) is 0 Å². The molecule has 136 valence electrons. The fraction of sp³-hybridized carbons (Fsp3) is 0.455. The first kappa shape index (κ1) is 19.6. The molecule has 2 rings (SSSR count). The highest BCUT2D eigenvalue weighted by Crippen LogP contribution is 2.25. The highest BCUT2D eigenvalue weighted by molar-refractivity contribution is 5.26. The Morgan fingerprint density at radius 2 is 1.24 bits per heavy atom. The fourth-order valence-corrected chi connectivity index (χ4v) is 3.03. The van der Waals surface area contributed by atoms with Crippen molar-refractivity contribution in [1.29, 1.82) is 0 Å². The van der Waals surface area contributed by atoms with Gasteiger partial charge in [-0.15, -0.1) is 0 Å². The summed E-state index contributed by atoms with van der Waals surface area (Å²) in [7, 11) is 0. The monoisotopic (exact) mass is 342 g/mol. The van der Waals surface area contributed by atoms with Crippen LogP contribution in [0.5, 0.6) is 0 Å². The maximum atomic E-state index is 5.89. The first-order chi connectivity index (χ1) is 12.2. The molecule has 3 nitrogen and oxygen atoms in total. The molecule has 0 aromatic rings. The van der Waals surface area contributed by atoms with Gasteiger partial charge in [0.1, 0.15) is 11.2 Å². The fourth-order valence-electron chi connectivity index (χ4n) is 3.03. The molecule has 0 saturated heterocycles. The van der Waals surface area contributed by atoms with Crippen molar-refractivity contribution in [3.05, 3.63) is 72.9 Å². The van der Waals surface area contributed by atoms with E-state index in [-0.39, 0.29) is 11.2 Å². The van der Waals surface area contributed by atoms with E-state index >= 15 is 0 Å². The Balaban J connectivity index is 1.76. The summed E-state index contributed by atoms with van der Waals surface area (Å²) in [4.78, 5) is 0. The third kappa shape index (κ3) is 6.28. The van der Waals surface area contributed by atoms with Crippen molar-refractivity contribution in [3.8, 4) is 0 Å². The highest BCUT2D eigenvalue weighted by atomic mass is 16.5. The van der Waals surface area contributed by atoms with Gasteiger partial charge >= 0.3 is 0 Å². The second kappa shape index (κ2) is 10.3. The van der Waals surface area contributed by atoms with E-state index in [0.717, 1.165) is 12.8 Å². The minimum absolute atomic E-state index is 0.319. The van der Waals surface area contributed by atoms with Crippen LogP contribution in [-0.4, -0.2) is 37.6 Å². The van der Waals surface area contributed by atoms with Crippen molar-refractivity contribution >= 4 is 0 Å². The molecular weight excluding hydrogens is 312 g/mol. The minimum atomic E-state index is -0.319. The second-order valence-electron chi connectivity index (χ2n) is 6.10. The molecule has 25 heavy (non-hydrogen) atoms. The van der Waals surface area contributed by atoms with Crippen LogP contribution in [0.3, 0.4) is 0 Å². The summed E-state index contributed by atoms with van der Waals surface area (Å²) in [6.45, 7) is 6.54. The third-order valence-electron chi connectivity index (χ3n) is 4.18. The molecule has 0 aromatic heterocycles. The van der Waals surface area contributed by atoms with Crippen LogP contribution in [0.25, 0.3) is 0 Å². The van der Waals surface area contributed by atoms with Crippen LogP contribution in [0.2, 0.25) is 0 Å². The smallest absolute Gasteiger partial charge is 0.108 e. The molecule has 0 radical (unpaired) electrons. The van der Waals surface area contributed by atoms with Gasteiger partial charge in [0, 0.05) is 26.1 Å². The Morgan fingerprint density at radius 3 is 1.60 bits per heavy atom. The summed E-state index contributed by atoms with van der Waals surface area (Å²) < 4.78 is 17.5. The van der Waals surface area contributed by atoms with Crippen molar-refractivity contribution in [2.45, 2.75) is 37.9 Å². The molecule has 2 atom stereocenters. The zero-order valence-electron chi connectivity index (χ0n) is 15.4. The van der Waals surface area contributed by atoms with Crippen LogP contribution in [0, 0.1) is 0 Å². The van der Waals surface area contributed by atoms with Crippen molar-refractivity contribution in [3.63, 3.8) is 0 Å². The van der Waals surface area contributed by atoms with Gasteiger partial charge in [0.25, 0.3) is 0 Å². The SMILES string of the molecule is CCOC1(C=CCOCC=CC2(OCC)C=CC=CC2)C=CC=CC1. The van der Waals surface area contributed by atoms with Gasteiger partial charge < -0.3 is 14.2 Å². The van der Waals surface area contributed by atoms with Gasteiger partial charge in [0.05, 0.1) is 13.2 Å². The molecule has 0 N–H and O–H groups in total. The minimum Gasteiger partial charge on any atom is -0.373 e. The zero-order chi connectivity index (χ0) is 17.8. The number of hydrogen-bond donors (Lipinski definition) is 0. The van der Waals surface area contributed by atoms with Gasteiger partial charge in [0.2, 0.25) is 0 Å². The zero-order valence-corrected chi connectivity index (χ0v) is 15.4. The summed E-state index contributed by atoms with van der Waals surface area (Å²) in [5.74, 6) is 0. The number of rotatable bonds is 10. The van der Waals surface area contributed by atoms with Crippen LogP contribution < -0.4 is 0 Å². The van der Waals surface area contributed by atoms with Crippen LogP contribution in [-0.2, 0) is 14.2 Å². The quantitative estimate of drug-likeness (QED) is 0.425. The van der Waals surface area contributed by atoms with Crippen LogP contribution in [0.15, 0.2) is 72.9 Å². The van der Waals surface area contributed by atoms with Crippen LogP contribution in [0.1, 0.15) is 26.7 Å². The second-order valence-corrected chi connectivity index (χ2v) is 6.10.